The molecule has 0 atom stereocenters. The van der Waals surface area contributed by atoms with Gasteiger partial charge in [0.05, 0.1) is 13.2 Å². The van der Waals surface area contributed by atoms with Crippen molar-refractivity contribution in [3.63, 3.8) is 0 Å². The van der Waals surface area contributed by atoms with E-state index in [-0.39, 0.29) is 0 Å². The predicted octanol–water partition coefficient (Wildman–Crippen LogP) is 2.04. The Morgan fingerprint density at radius 2 is 1.86 bits per heavy atom. The summed E-state index contributed by atoms with van der Waals surface area (Å²) in [4.78, 5) is 15.3. The monoisotopic (exact) mass is 297 g/mol. The lowest BCUT2D eigenvalue weighted by Gasteiger charge is -2.28. The fourth-order valence-electron chi connectivity index (χ4n) is 2.88. The number of hydrogen-bond acceptors (Lipinski definition) is 3. The fourth-order valence-corrected chi connectivity index (χ4v) is 2.88. The number of ether oxygens (including phenoxy) is 1. The summed E-state index contributed by atoms with van der Waals surface area (Å²) in [6.45, 7) is 5.65. The standard InChI is InChI=1S/C18H21N2O2/c21-15-20(9-8-19-10-12-22-13-11-19)14-17-6-3-5-16-4-1-2-7-18(16)17/h1-7H,8-14H2. The van der Waals surface area contributed by atoms with Crippen LogP contribution in [0.15, 0.2) is 42.5 Å². The summed E-state index contributed by atoms with van der Waals surface area (Å²) < 4.78 is 5.34. The third-order valence-electron chi connectivity index (χ3n) is 4.16. The summed E-state index contributed by atoms with van der Waals surface area (Å²) in [6.07, 6.45) is 2.08. The van der Waals surface area contributed by atoms with Gasteiger partial charge in [-0.15, -0.1) is 0 Å². The maximum atomic E-state index is 11.3. The zero-order chi connectivity index (χ0) is 15.2. The summed E-state index contributed by atoms with van der Waals surface area (Å²) >= 11 is 0. The second-order valence-electron chi connectivity index (χ2n) is 5.61. The first-order valence-electron chi connectivity index (χ1n) is 7.76. The number of nitrogens with zero attached hydrogens (tertiary/aromatic N) is 2. The maximum absolute atomic E-state index is 11.3. The number of fused-ring (bicyclic) bond motifs is 1. The number of hydrogen-bond donors (Lipinski definition) is 0. The van der Waals surface area contributed by atoms with Crippen molar-refractivity contribution in [2.75, 3.05) is 39.4 Å². The second-order valence-corrected chi connectivity index (χ2v) is 5.61. The lowest BCUT2D eigenvalue weighted by molar-refractivity contribution is 0.0356. The van der Waals surface area contributed by atoms with Crippen LogP contribution in [0.1, 0.15) is 5.56 Å². The molecule has 0 aliphatic carbocycles. The molecule has 2 aromatic rings. The highest BCUT2D eigenvalue weighted by Gasteiger charge is 2.13. The van der Waals surface area contributed by atoms with E-state index in [0.29, 0.717) is 13.1 Å². The minimum absolute atomic E-state index is 0.606. The topological polar surface area (TPSA) is 32.8 Å². The Balaban J connectivity index is 1.65. The van der Waals surface area contributed by atoms with Crippen molar-refractivity contribution in [1.29, 1.82) is 0 Å². The van der Waals surface area contributed by atoms with Crippen LogP contribution in [0.2, 0.25) is 0 Å². The van der Waals surface area contributed by atoms with Crippen LogP contribution in [-0.4, -0.2) is 55.6 Å². The van der Waals surface area contributed by atoms with Crippen LogP contribution in [0.4, 0.5) is 0 Å². The Bertz CT molecular complexity index is 618. The highest BCUT2D eigenvalue weighted by molar-refractivity contribution is 5.85. The molecule has 0 aromatic heterocycles. The predicted molar refractivity (Wildman–Crippen MR) is 87.3 cm³/mol. The Labute approximate surface area is 131 Å². The lowest BCUT2D eigenvalue weighted by atomic mass is 10.0. The van der Waals surface area contributed by atoms with Crippen molar-refractivity contribution in [3.8, 4) is 0 Å². The molecule has 0 unspecified atom stereocenters. The SMILES string of the molecule is O=[C]N(CCN1CCOCC1)Cc1cccc2ccccc12. The molecule has 1 fully saturated rings. The molecule has 1 aliphatic heterocycles. The molecule has 1 saturated heterocycles. The second kappa shape index (κ2) is 7.38. The average Bonchev–Trinajstić information content (AvgIpc) is 2.59. The summed E-state index contributed by atoms with van der Waals surface area (Å²) in [7, 11) is 0. The third kappa shape index (κ3) is 3.64. The van der Waals surface area contributed by atoms with Gasteiger partial charge in [-0.1, -0.05) is 42.5 Å². The minimum Gasteiger partial charge on any atom is -0.379 e. The van der Waals surface area contributed by atoms with Gasteiger partial charge in [0.15, 0.2) is 0 Å². The van der Waals surface area contributed by atoms with Crippen molar-refractivity contribution in [2.45, 2.75) is 6.54 Å². The smallest absolute Gasteiger partial charge is 0.312 e. The van der Waals surface area contributed by atoms with Crippen LogP contribution in [0.5, 0.6) is 0 Å². The van der Waals surface area contributed by atoms with Gasteiger partial charge < -0.3 is 9.64 Å². The van der Waals surface area contributed by atoms with E-state index in [4.69, 9.17) is 4.74 Å². The molecule has 3 rings (SSSR count). The molecular weight excluding hydrogens is 276 g/mol. The molecule has 1 heterocycles. The molecule has 115 valence electrons. The maximum Gasteiger partial charge on any atom is 0.312 e. The number of carbonyl (C=O) groups excluding carboxylic acids is 1. The van der Waals surface area contributed by atoms with Crippen LogP contribution < -0.4 is 0 Å². The molecule has 0 saturated carbocycles. The normalized spacial score (nSPS) is 15.8. The third-order valence-corrected chi connectivity index (χ3v) is 4.16. The van der Waals surface area contributed by atoms with E-state index < -0.39 is 0 Å². The van der Waals surface area contributed by atoms with Gasteiger partial charge in [-0.05, 0) is 16.3 Å². The number of benzene rings is 2. The Hall–Kier alpha value is -1.91. The first-order chi connectivity index (χ1) is 10.9. The molecule has 4 nitrogen and oxygen atoms in total. The molecule has 1 aliphatic rings. The lowest BCUT2D eigenvalue weighted by Crippen LogP contribution is -2.41. The summed E-state index contributed by atoms with van der Waals surface area (Å²) in [5, 5.41) is 2.41. The van der Waals surface area contributed by atoms with Gasteiger partial charge in [-0.3, -0.25) is 9.69 Å². The Morgan fingerprint density at radius 1 is 1.09 bits per heavy atom. The molecule has 0 spiro atoms. The van der Waals surface area contributed by atoms with E-state index >= 15 is 0 Å². The molecule has 1 radical (unpaired) electrons. The van der Waals surface area contributed by atoms with Gasteiger partial charge in [0, 0.05) is 32.7 Å². The van der Waals surface area contributed by atoms with E-state index in [2.05, 4.69) is 35.6 Å². The quantitative estimate of drug-likeness (QED) is 0.765. The van der Waals surface area contributed by atoms with Gasteiger partial charge >= 0.3 is 6.41 Å². The fraction of sp³-hybridized carbons (Fsp3) is 0.389. The average molecular weight is 297 g/mol. The highest BCUT2D eigenvalue weighted by Crippen LogP contribution is 2.19. The summed E-state index contributed by atoms with van der Waals surface area (Å²) in [5.41, 5.74) is 1.17. The van der Waals surface area contributed by atoms with Crippen molar-refractivity contribution < 1.29 is 9.53 Å². The highest BCUT2D eigenvalue weighted by atomic mass is 16.5. The van der Waals surface area contributed by atoms with Gasteiger partial charge in [0.1, 0.15) is 0 Å². The Morgan fingerprint density at radius 3 is 2.68 bits per heavy atom. The zero-order valence-corrected chi connectivity index (χ0v) is 12.7. The van der Waals surface area contributed by atoms with Crippen LogP contribution in [0, 0.1) is 0 Å². The number of rotatable bonds is 6. The van der Waals surface area contributed by atoms with E-state index in [0.717, 1.165) is 32.8 Å². The van der Waals surface area contributed by atoms with Gasteiger partial charge in [-0.2, -0.15) is 0 Å². The van der Waals surface area contributed by atoms with Crippen molar-refractivity contribution in [2.24, 2.45) is 0 Å². The molecule has 0 bridgehead atoms. The van der Waals surface area contributed by atoms with Gasteiger partial charge in [-0.25, -0.2) is 0 Å². The zero-order valence-electron chi connectivity index (χ0n) is 12.7. The number of amides is 1. The molecular formula is C18H21N2O2. The molecule has 4 heteroatoms. The summed E-state index contributed by atoms with van der Waals surface area (Å²) in [6, 6.07) is 14.5. The van der Waals surface area contributed by atoms with Gasteiger partial charge in [0.25, 0.3) is 0 Å². The van der Waals surface area contributed by atoms with E-state index in [9.17, 15) is 4.79 Å². The van der Waals surface area contributed by atoms with Crippen LogP contribution in [-0.2, 0) is 16.1 Å². The van der Waals surface area contributed by atoms with Crippen LogP contribution in [0.25, 0.3) is 10.8 Å². The number of morpholine rings is 1. The first-order valence-corrected chi connectivity index (χ1v) is 7.76. The van der Waals surface area contributed by atoms with Gasteiger partial charge in [0.2, 0.25) is 0 Å². The largest absolute Gasteiger partial charge is 0.379 e. The molecule has 2 aromatic carbocycles. The summed E-state index contributed by atoms with van der Waals surface area (Å²) in [5.74, 6) is 0. The van der Waals surface area contributed by atoms with Crippen LogP contribution >= 0.6 is 0 Å². The molecule has 0 N–H and O–H groups in total. The van der Waals surface area contributed by atoms with Crippen molar-refractivity contribution >= 4 is 17.2 Å². The van der Waals surface area contributed by atoms with E-state index in [1.54, 1.807) is 4.90 Å². The minimum atomic E-state index is 0.606. The van der Waals surface area contributed by atoms with Crippen LogP contribution in [0.3, 0.4) is 0 Å². The molecule has 22 heavy (non-hydrogen) atoms. The molecule has 1 amide bonds. The van der Waals surface area contributed by atoms with Crippen molar-refractivity contribution in [1.82, 2.24) is 9.80 Å². The van der Waals surface area contributed by atoms with E-state index in [1.807, 2.05) is 18.2 Å². The van der Waals surface area contributed by atoms with E-state index in [1.165, 1.54) is 16.3 Å². The first kappa shape index (κ1) is 15.0. The van der Waals surface area contributed by atoms with Crippen molar-refractivity contribution in [3.05, 3.63) is 48.0 Å². The Kier molecular flexibility index (Phi) is 5.03.